The number of benzene rings is 1. The van der Waals surface area contributed by atoms with Gasteiger partial charge in [-0.15, -0.1) is 0 Å². The minimum Gasteiger partial charge on any atom is -0.277 e. The normalized spacial score (nSPS) is 11.3. The quantitative estimate of drug-likeness (QED) is 0.586. The molecule has 0 aliphatic carbocycles. The maximum absolute atomic E-state index is 12.1. The predicted molar refractivity (Wildman–Crippen MR) is 85.0 cm³/mol. The van der Waals surface area contributed by atoms with Crippen molar-refractivity contribution in [2.45, 2.75) is 13.3 Å². The van der Waals surface area contributed by atoms with Crippen LogP contribution in [0.4, 0.5) is 5.69 Å². The first-order chi connectivity index (χ1) is 11.1. The summed E-state index contributed by atoms with van der Waals surface area (Å²) < 4.78 is 0.936. The molecule has 0 aliphatic rings. The van der Waals surface area contributed by atoms with Crippen LogP contribution < -0.4 is 5.56 Å². The van der Waals surface area contributed by atoms with Crippen molar-refractivity contribution in [2.24, 2.45) is 0 Å². The highest BCUT2D eigenvalue weighted by atomic mass is 16.6. The Hall–Kier alpha value is -3.29. The van der Waals surface area contributed by atoms with E-state index in [9.17, 15) is 14.9 Å². The van der Waals surface area contributed by atoms with Gasteiger partial charge in [-0.1, -0.05) is 37.3 Å². The van der Waals surface area contributed by atoms with Gasteiger partial charge in [-0.25, -0.2) is 9.97 Å². The standard InChI is InChI=1S/C15H13N5O3/c1-2-10-3-5-11(6-4-10)7-8-12-13(20(22)23)14(21)19-15(18-12)16-9-17-19/h3-9H,2H2,1H3,(H,16,17,18)/b8-7+. The molecule has 116 valence electrons. The number of aromatic amines is 1. The zero-order valence-corrected chi connectivity index (χ0v) is 12.3. The summed E-state index contributed by atoms with van der Waals surface area (Å²) in [5.74, 6) is 0.0848. The molecule has 23 heavy (non-hydrogen) atoms. The molecule has 0 radical (unpaired) electrons. The van der Waals surface area contributed by atoms with Gasteiger partial charge in [0.25, 0.3) is 5.78 Å². The van der Waals surface area contributed by atoms with Gasteiger partial charge in [0.05, 0.1) is 4.92 Å². The summed E-state index contributed by atoms with van der Waals surface area (Å²) in [5.41, 5.74) is 0.654. The van der Waals surface area contributed by atoms with Crippen LogP contribution in [0.2, 0.25) is 0 Å². The number of hydrogen-bond donors (Lipinski definition) is 1. The molecule has 0 spiro atoms. The summed E-state index contributed by atoms with van der Waals surface area (Å²) in [6, 6.07) is 7.77. The lowest BCUT2D eigenvalue weighted by Crippen LogP contribution is -2.20. The molecule has 0 amide bonds. The number of aromatic nitrogens is 4. The summed E-state index contributed by atoms with van der Waals surface area (Å²) in [6.45, 7) is 2.06. The Morgan fingerprint density at radius 3 is 2.70 bits per heavy atom. The number of nitrogens with one attached hydrogen (secondary N) is 1. The van der Waals surface area contributed by atoms with Crippen LogP contribution in [0.15, 0.2) is 35.4 Å². The lowest BCUT2D eigenvalue weighted by molar-refractivity contribution is -0.386. The van der Waals surface area contributed by atoms with Crippen LogP contribution in [0, 0.1) is 10.1 Å². The number of nitrogens with zero attached hydrogens (tertiary/aromatic N) is 4. The number of hydrogen-bond acceptors (Lipinski definition) is 5. The molecule has 1 N–H and O–H groups in total. The van der Waals surface area contributed by atoms with Gasteiger partial charge < -0.3 is 0 Å². The largest absolute Gasteiger partial charge is 0.361 e. The van der Waals surface area contributed by atoms with Crippen molar-refractivity contribution in [3.8, 4) is 0 Å². The van der Waals surface area contributed by atoms with E-state index in [1.807, 2.05) is 24.3 Å². The van der Waals surface area contributed by atoms with Crippen LogP contribution >= 0.6 is 0 Å². The van der Waals surface area contributed by atoms with Crippen LogP contribution in [-0.4, -0.2) is 24.5 Å². The third-order valence-electron chi connectivity index (χ3n) is 3.44. The monoisotopic (exact) mass is 311 g/mol. The summed E-state index contributed by atoms with van der Waals surface area (Å²) in [7, 11) is 0. The second-order valence-corrected chi connectivity index (χ2v) is 4.86. The number of fused-ring (bicyclic) bond motifs is 1. The number of H-pyrrole nitrogens is 1. The minimum absolute atomic E-state index is 0.0216. The van der Waals surface area contributed by atoms with Crippen LogP contribution in [0.5, 0.6) is 0 Å². The molecule has 3 aromatic rings. The molecule has 0 aliphatic heterocycles. The smallest absolute Gasteiger partial charge is 0.277 e. The van der Waals surface area contributed by atoms with E-state index in [0.717, 1.165) is 16.5 Å². The van der Waals surface area contributed by atoms with Gasteiger partial charge in [0, 0.05) is 0 Å². The fourth-order valence-corrected chi connectivity index (χ4v) is 2.19. The molecule has 0 saturated carbocycles. The van der Waals surface area contributed by atoms with Crippen molar-refractivity contribution in [1.82, 2.24) is 19.6 Å². The molecular formula is C15H13N5O3. The molecule has 0 saturated heterocycles. The average molecular weight is 311 g/mol. The zero-order valence-electron chi connectivity index (χ0n) is 12.3. The van der Waals surface area contributed by atoms with E-state index in [1.165, 1.54) is 18.0 Å². The second-order valence-electron chi connectivity index (χ2n) is 4.86. The van der Waals surface area contributed by atoms with Crippen molar-refractivity contribution in [2.75, 3.05) is 0 Å². The van der Waals surface area contributed by atoms with Crippen LogP contribution in [0.1, 0.15) is 23.7 Å². The van der Waals surface area contributed by atoms with Crippen LogP contribution in [0.3, 0.4) is 0 Å². The average Bonchev–Trinajstić information content (AvgIpc) is 3.02. The highest BCUT2D eigenvalue weighted by molar-refractivity contribution is 5.72. The second kappa shape index (κ2) is 5.84. The lowest BCUT2D eigenvalue weighted by atomic mass is 10.1. The Balaban J connectivity index is 2.07. The summed E-state index contributed by atoms with van der Waals surface area (Å²) >= 11 is 0. The van der Waals surface area contributed by atoms with Gasteiger partial charge in [-0.2, -0.15) is 4.52 Å². The third-order valence-corrected chi connectivity index (χ3v) is 3.44. The van der Waals surface area contributed by atoms with E-state index in [2.05, 4.69) is 22.0 Å². The van der Waals surface area contributed by atoms with E-state index in [4.69, 9.17) is 0 Å². The molecular weight excluding hydrogens is 298 g/mol. The van der Waals surface area contributed by atoms with Crippen molar-refractivity contribution in [3.05, 3.63) is 67.9 Å². The Labute approximate surface area is 130 Å². The maximum Gasteiger partial charge on any atom is 0.361 e. The number of aryl methyl sites for hydroxylation is 1. The van der Waals surface area contributed by atoms with Crippen molar-refractivity contribution in [1.29, 1.82) is 0 Å². The lowest BCUT2D eigenvalue weighted by Gasteiger charge is -1.99. The third kappa shape index (κ3) is 2.73. The highest BCUT2D eigenvalue weighted by Crippen LogP contribution is 2.15. The Kier molecular flexibility index (Phi) is 3.71. The van der Waals surface area contributed by atoms with Gasteiger partial charge >= 0.3 is 11.2 Å². The number of rotatable bonds is 4. The van der Waals surface area contributed by atoms with Crippen LogP contribution in [-0.2, 0) is 6.42 Å². The molecule has 0 bridgehead atoms. The first kappa shape index (κ1) is 14.6. The van der Waals surface area contributed by atoms with Gasteiger partial charge in [-0.3, -0.25) is 20.0 Å². The molecule has 2 heterocycles. The summed E-state index contributed by atoms with van der Waals surface area (Å²) in [4.78, 5) is 30.5. The fourth-order valence-electron chi connectivity index (χ4n) is 2.19. The van der Waals surface area contributed by atoms with Crippen molar-refractivity contribution in [3.63, 3.8) is 0 Å². The van der Waals surface area contributed by atoms with E-state index in [-0.39, 0.29) is 11.5 Å². The van der Waals surface area contributed by atoms with E-state index in [1.54, 1.807) is 6.08 Å². The van der Waals surface area contributed by atoms with E-state index >= 15 is 0 Å². The zero-order chi connectivity index (χ0) is 16.4. The molecule has 2 aromatic heterocycles. The molecule has 8 heteroatoms. The molecule has 1 aromatic carbocycles. The molecule has 0 fully saturated rings. The molecule has 8 nitrogen and oxygen atoms in total. The first-order valence-electron chi connectivity index (χ1n) is 6.97. The first-order valence-corrected chi connectivity index (χ1v) is 6.97. The predicted octanol–water partition coefficient (Wildman–Crippen LogP) is 2.06. The maximum atomic E-state index is 12.1. The van der Waals surface area contributed by atoms with E-state index < -0.39 is 16.2 Å². The van der Waals surface area contributed by atoms with Crippen molar-refractivity contribution >= 4 is 23.6 Å². The minimum atomic E-state index is -0.793. The Bertz CT molecular complexity index is 953. The topological polar surface area (TPSA) is 106 Å². The summed E-state index contributed by atoms with van der Waals surface area (Å²) in [6.07, 6.45) is 5.32. The Morgan fingerprint density at radius 2 is 2.04 bits per heavy atom. The molecule has 3 rings (SSSR count). The summed E-state index contributed by atoms with van der Waals surface area (Å²) in [5, 5.41) is 13.7. The van der Waals surface area contributed by atoms with Crippen LogP contribution in [0.25, 0.3) is 17.9 Å². The molecule has 0 unspecified atom stereocenters. The van der Waals surface area contributed by atoms with Gasteiger partial charge in [0.1, 0.15) is 6.33 Å². The highest BCUT2D eigenvalue weighted by Gasteiger charge is 2.22. The SMILES string of the molecule is CCc1ccc(/C=C/c2nc3nc[nH]n3c(=O)c2[N+](=O)[O-])cc1. The van der Waals surface area contributed by atoms with Gasteiger partial charge in [0.2, 0.25) is 0 Å². The van der Waals surface area contributed by atoms with Gasteiger partial charge in [-0.05, 0) is 23.6 Å². The Morgan fingerprint density at radius 1 is 1.30 bits per heavy atom. The fraction of sp³-hybridized carbons (Fsp3) is 0.133. The van der Waals surface area contributed by atoms with Gasteiger partial charge in [0.15, 0.2) is 5.69 Å². The van der Waals surface area contributed by atoms with Crippen molar-refractivity contribution < 1.29 is 4.92 Å². The molecule has 0 atom stereocenters. The number of nitro groups is 1. The van der Waals surface area contributed by atoms with E-state index in [0.29, 0.717) is 0 Å².